The third-order valence-electron chi connectivity index (χ3n) is 6.59. The fourth-order valence-corrected chi connectivity index (χ4v) is 4.80. The van der Waals surface area contributed by atoms with Crippen LogP contribution in [-0.4, -0.2) is 39.4 Å². The molecule has 4 aromatic rings. The molecule has 0 amide bonds. The van der Waals surface area contributed by atoms with Gasteiger partial charge in [0.05, 0.1) is 19.9 Å². The smallest absolute Gasteiger partial charge is 0.332 e. The van der Waals surface area contributed by atoms with E-state index in [1.165, 1.54) is 9.13 Å². The lowest BCUT2D eigenvalue weighted by Crippen LogP contribution is -2.40. The summed E-state index contributed by atoms with van der Waals surface area (Å²) in [6.07, 6.45) is 0.591. The van der Waals surface area contributed by atoms with Crippen LogP contribution in [0.25, 0.3) is 11.2 Å². The molecule has 9 heteroatoms. The Morgan fingerprint density at radius 2 is 1.80 bits per heavy atom. The van der Waals surface area contributed by atoms with Crippen LogP contribution >= 0.6 is 0 Å². The molecule has 2 aromatic carbocycles. The summed E-state index contributed by atoms with van der Waals surface area (Å²) in [4.78, 5) is 33.6. The van der Waals surface area contributed by atoms with Gasteiger partial charge >= 0.3 is 5.69 Å². The van der Waals surface area contributed by atoms with E-state index in [4.69, 9.17) is 14.5 Å². The molecule has 1 unspecified atom stereocenters. The van der Waals surface area contributed by atoms with E-state index in [0.29, 0.717) is 54.7 Å². The number of anilines is 2. The Morgan fingerprint density at radius 1 is 1.03 bits per heavy atom. The van der Waals surface area contributed by atoms with Gasteiger partial charge in [-0.15, -0.1) is 0 Å². The molecule has 182 valence electrons. The second-order valence-electron chi connectivity index (χ2n) is 8.98. The SMILES string of the molecule is COc1ccc(N2CC(C)Cn3c2nc2c3c(=O)n(CCc3ccccc3)c(=O)n2C)c(OC)c1. The summed E-state index contributed by atoms with van der Waals surface area (Å²) in [5.41, 5.74) is 2.05. The Balaban J connectivity index is 1.65. The summed E-state index contributed by atoms with van der Waals surface area (Å²) in [7, 11) is 4.90. The molecule has 0 bridgehead atoms. The zero-order valence-electron chi connectivity index (χ0n) is 20.4. The van der Waals surface area contributed by atoms with Gasteiger partial charge in [-0.2, -0.15) is 4.98 Å². The highest BCUT2D eigenvalue weighted by Gasteiger charge is 2.31. The van der Waals surface area contributed by atoms with Gasteiger partial charge in [-0.3, -0.25) is 13.9 Å². The Kier molecular flexibility index (Phi) is 5.84. The summed E-state index contributed by atoms with van der Waals surface area (Å²) < 4.78 is 15.7. The van der Waals surface area contributed by atoms with Crippen LogP contribution in [0.3, 0.4) is 0 Å². The van der Waals surface area contributed by atoms with E-state index in [2.05, 4.69) is 6.92 Å². The average molecular weight is 476 g/mol. The zero-order chi connectivity index (χ0) is 24.7. The standard InChI is InChI=1S/C26H29N5O4/c1-17-15-30(20-11-10-19(34-3)14-21(20)35-4)25-27-23-22(31(25)16-17)24(32)29(26(33)28(23)2)13-12-18-8-6-5-7-9-18/h5-11,14,17H,12-13,15-16H2,1-4H3. The summed E-state index contributed by atoms with van der Waals surface area (Å²) in [5, 5.41) is 0. The third kappa shape index (κ3) is 3.86. The van der Waals surface area contributed by atoms with Gasteiger partial charge in [-0.25, -0.2) is 4.79 Å². The minimum absolute atomic E-state index is 0.237. The first-order valence-electron chi connectivity index (χ1n) is 11.7. The lowest BCUT2D eigenvalue weighted by Gasteiger charge is -2.33. The number of benzene rings is 2. The summed E-state index contributed by atoms with van der Waals surface area (Å²) >= 11 is 0. The lowest BCUT2D eigenvalue weighted by atomic mass is 10.1. The maximum Gasteiger partial charge on any atom is 0.332 e. The summed E-state index contributed by atoms with van der Waals surface area (Å²) in [6, 6.07) is 15.5. The summed E-state index contributed by atoms with van der Waals surface area (Å²) in [6.45, 7) is 3.76. The van der Waals surface area contributed by atoms with E-state index in [9.17, 15) is 9.59 Å². The lowest BCUT2D eigenvalue weighted by molar-refractivity contribution is 0.392. The molecule has 0 radical (unpaired) electrons. The van der Waals surface area contributed by atoms with Crippen LogP contribution in [0.1, 0.15) is 12.5 Å². The van der Waals surface area contributed by atoms with E-state index >= 15 is 0 Å². The number of ether oxygens (including phenoxy) is 2. The fourth-order valence-electron chi connectivity index (χ4n) is 4.80. The van der Waals surface area contributed by atoms with E-state index in [1.807, 2.05) is 58.0 Å². The largest absolute Gasteiger partial charge is 0.497 e. The molecule has 0 fully saturated rings. The topological polar surface area (TPSA) is 83.5 Å². The molecule has 0 saturated carbocycles. The second-order valence-corrected chi connectivity index (χ2v) is 8.98. The van der Waals surface area contributed by atoms with Crippen molar-refractivity contribution in [3.63, 3.8) is 0 Å². The van der Waals surface area contributed by atoms with Crippen LogP contribution in [0.5, 0.6) is 11.5 Å². The third-order valence-corrected chi connectivity index (χ3v) is 6.59. The van der Waals surface area contributed by atoms with E-state index in [0.717, 1.165) is 11.3 Å². The predicted molar refractivity (Wildman–Crippen MR) is 135 cm³/mol. The van der Waals surface area contributed by atoms with Gasteiger partial charge in [0.1, 0.15) is 11.5 Å². The molecule has 0 aliphatic carbocycles. The van der Waals surface area contributed by atoms with Crippen LogP contribution < -0.4 is 25.6 Å². The van der Waals surface area contributed by atoms with Crippen molar-refractivity contribution in [2.24, 2.45) is 13.0 Å². The zero-order valence-corrected chi connectivity index (χ0v) is 20.4. The molecule has 1 atom stereocenters. The number of nitrogens with zero attached hydrogens (tertiary/aromatic N) is 5. The maximum absolute atomic E-state index is 13.6. The predicted octanol–water partition coefficient (Wildman–Crippen LogP) is 2.94. The number of fused-ring (bicyclic) bond motifs is 3. The first kappa shape index (κ1) is 22.8. The van der Waals surface area contributed by atoms with Gasteiger partial charge < -0.3 is 18.9 Å². The number of hydrogen-bond acceptors (Lipinski definition) is 6. The maximum atomic E-state index is 13.6. The minimum atomic E-state index is -0.365. The number of methoxy groups -OCH3 is 2. The normalized spacial score (nSPS) is 15.3. The van der Waals surface area contributed by atoms with Crippen molar-refractivity contribution in [3.8, 4) is 11.5 Å². The van der Waals surface area contributed by atoms with Gasteiger partial charge in [0, 0.05) is 32.7 Å². The molecule has 0 N–H and O–H groups in total. The van der Waals surface area contributed by atoms with Gasteiger partial charge in [0.2, 0.25) is 5.95 Å². The molecular weight excluding hydrogens is 446 g/mol. The van der Waals surface area contributed by atoms with E-state index in [-0.39, 0.29) is 17.2 Å². The van der Waals surface area contributed by atoms with Gasteiger partial charge in [-0.1, -0.05) is 37.3 Å². The molecule has 0 saturated heterocycles. The van der Waals surface area contributed by atoms with Crippen LogP contribution in [0.2, 0.25) is 0 Å². The molecule has 2 aromatic heterocycles. The van der Waals surface area contributed by atoms with Crippen LogP contribution in [0.4, 0.5) is 11.6 Å². The number of aryl methyl sites for hydroxylation is 2. The first-order chi connectivity index (χ1) is 16.9. The number of aromatic nitrogens is 4. The van der Waals surface area contributed by atoms with Crippen molar-refractivity contribution >= 4 is 22.8 Å². The molecule has 9 nitrogen and oxygen atoms in total. The van der Waals surface area contributed by atoms with E-state index < -0.39 is 0 Å². The summed E-state index contributed by atoms with van der Waals surface area (Å²) in [5.74, 6) is 2.19. The van der Waals surface area contributed by atoms with Crippen LogP contribution in [-0.2, 0) is 26.6 Å². The molecule has 0 spiro atoms. The Bertz CT molecular complexity index is 1500. The number of rotatable bonds is 6. The van der Waals surface area contributed by atoms with E-state index in [1.54, 1.807) is 21.3 Å². The molecular formula is C26H29N5O4. The van der Waals surface area contributed by atoms with Crippen molar-refractivity contribution in [2.45, 2.75) is 26.4 Å². The molecule has 1 aliphatic rings. The number of hydrogen-bond donors (Lipinski definition) is 0. The average Bonchev–Trinajstić information content (AvgIpc) is 3.26. The second kappa shape index (κ2) is 8.98. The highest BCUT2D eigenvalue weighted by atomic mass is 16.5. The monoisotopic (exact) mass is 475 g/mol. The first-order valence-corrected chi connectivity index (χ1v) is 11.7. The Morgan fingerprint density at radius 3 is 2.51 bits per heavy atom. The molecule has 35 heavy (non-hydrogen) atoms. The van der Waals surface area contributed by atoms with Crippen LogP contribution in [0, 0.1) is 5.92 Å². The van der Waals surface area contributed by atoms with Gasteiger partial charge in [0.25, 0.3) is 5.56 Å². The minimum Gasteiger partial charge on any atom is -0.497 e. The van der Waals surface area contributed by atoms with Crippen molar-refractivity contribution in [3.05, 3.63) is 74.9 Å². The quantitative estimate of drug-likeness (QED) is 0.426. The van der Waals surface area contributed by atoms with Gasteiger partial charge in [0.15, 0.2) is 11.2 Å². The molecule has 5 rings (SSSR count). The van der Waals surface area contributed by atoms with Crippen LogP contribution in [0.15, 0.2) is 58.1 Å². The van der Waals surface area contributed by atoms with Crippen molar-refractivity contribution < 1.29 is 9.47 Å². The highest BCUT2D eigenvalue weighted by Crippen LogP contribution is 2.39. The number of imidazole rings is 1. The Hall–Kier alpha value is -4.01. The fraction of sp³-hybridized carbons (Fsp3) is 0.346. The molecule has 3 heterocycles. The van der Waals surface area contributed by atoms with Crippen molar-refractivity contribution in [1.29, 1.82) is 0 Å². The van der Waals surface area contributed by atoms with Crippen molar-refractivity contribution in [1.82, 2.24) is 18.7 Å². The Labute approximate surface area is 202 Å². The van der Waals surface area contributed by atoms with Crippen molar-refractivity contribution in [2.75, 3.05) is 25.7 Å². The highest BCUT2D eigenvalue weighted by molar-refractivity contribution is 5.78. The molecule has 1 aliphatic heterocycles. The van der Waals surface area contributed by atoms with Gasteiger partial charge in [-0.05, 0) is 30.0 Å².